The first-order valence-corrected chi connectivity index (χ1v) is 3.89. The Morgan fingerprint density at radius 1 is 1.36 bits per heavy atom. The van der Waals surface area contributed by atoms with Crippen molar-refractivity contribution >= 4 is 17.6 Å². The van der Waals surface area contributed by atoms with E-state index in [1.165, 1.54) is 26.1 Å². The number of hydrogen-bond donors (Lipinski definition) is 1. The Morgan fingerprint density at radius 3 is 2.36 bits per heavy atom. The van der Waals surface area contributed by atoms with Gasteiger partial charge in [0.15, 0.2) is 0 Å². The van der Waals surface area contributed by atoms with Crippen molar-refractivity contribution in [3.05, 3.63) is 22.7 Å². The lowest BCUT2D eigenvalue weighted by molar-refractivity contribution is -0.124. The first-order chi connectivity index (χ1) is 6.52. The number of nitrogens with one attached hydrogen (secondary N) is 1. The van der Waals surface area contributed by atoms with E-state index in [-0.39, 0.29) is 5.82 Å². The van der Waals surface area contributed by atoms with Gasteiger partial charge in [0.1, 0.15) is 5.82 Å². The Hall–Kier alpha value is -1.98. The molecule has 74 valence electrons. The fourth-order valence-corrected chi connectivity index (χ4v) is 1.05. The lowest BCUT2D eigenvalue weighted by Gasteiger charge is -2.15. The average Bonchev–Trinajstić information content (AvgIpc) is 2.02. The van der Waals surface area contributed by atoms with Crippen molar-refractivity contribution in [3.63, 3.8) is 0 Å². The van der Waals surface area contributed by atoms with Gasteiger partial charge in [-0.15, -0.1) is 0 Å². The molecule has 0 radical (unpaired) electrons. The van der Waals surface area contributed by atoms with Gasteiger partial charge in [0, 0.05) is 20.0 Å². The number of amides is 2. The van der Waals surface area contributed by atoms with E-state index < -0.39 is 17.5 Å². The molecule has 0 bridgehead atoms. The number of anilines is 1. The molecule has 1 heterocycles. The predicted molar refractivity (Wildman–Crippen MR) is 48.7 cm³/mol. The Labute approximate surface area is 79.6 Å². The van der Waals surface area contributed by atoms with Crippen LogP contribution in [0.3, 0.4) is 0 Å². The number of nitrogens with zero attached hydrogens (tertiary/aromatic N) is 2. The smallest absolute Gasteiger partial charge is 0.291 e. The summed E-state index contributed by atoms with van der Waals surface area (Å²) < 4.78 is 0. The van der Waals surface area contributed by atoms with E-state index in [2.05, 4.69) is 9.97 Å². The third-order valence-corrected chi connectivity index (χ3v) is 1.53. The molecular formula is C8H9N3O3. The molecule has 0 saturated carbocycles. The van der Waals surface area contributed by atoms with Crippen LogP contribution >= 0.6 is 0 Å². The van der Waals surface area contributed by atoms with Crippen molar-refractivity contribution in [3.8, 4) is 0 Å². The number of aromatic amines is 1. The van der Waals surface area contributed by atoms with Gasteiger partial charge in [0.05, 0.1) is 0 Å². The average molecular weight is 195 g/mol. The van der Waals surface area contributed by atoms with E-state index in [1.807, 2.05) is 0 Å². The van der Waals surface area contributed by atoms with E-state index in [4.69, 9.17) is 0 Å². The molecule has 1 aromatic rings. The molecule has 1 rings (SSSR count). The van der Waals surface area contributed by atoms with Gasteiger partial charge in [0.2, 0.25) is 11.8 Å². The molecule has 1 aromatic heterocycles. The van der Waals surface area contributed by atoms with Crippen LogP contribution in [-0.2, 0) is 9.59 Å². The van der Waals surface area contributed by atoms with Crippen LogP contribution in [0.2, 0.25) is 0 Å². The van der Waals surface area contributed by atoms with Crippen LogP contribution in [0.1, 0.15) is 13.8 Å². The first-order valence-electron chi connectivity index (χ1n) is 3.89. The molecular weight excluding hydrogens is 186 g/mol. The molecule has 0 aliphatic carbocycles. The summed E-state index contributed by atoms with van der Waals surface area (Å²) in [5.74, 6) is -0.788. The van der Waals surface area contributed by atoms with E-state index >= 15 is 0 Å². The molecule has 2 amide bonds. The molecule has 0 saturated heterocycles. The van der Waals surface area contributed by atoms with Gasteiger partial charge in [-0.1, -0.05) is 0 Å². The summed E-state index contributed by atoms with van der Waals surface area (Å²) in [5.41, 5.74) is -0.602. The number of hydrogen-bond acceptors (Lipinski definition) is 4. The fourth-order valence-electron chi connectivity index (χ4n) is 1.05. The topological polar surface area (TPSA) is 83.1 Å². The summed E-state index contributed by atoms with van der Waals surface area (Å²) in [7, 11) is 0. The van der Waals surface area contributed by atoms with Crippen LogP contribution in [0, 0.1) is 0 Å². The van der Waals surface area contributed by atoms with Crippen molar-refractivity contribution in [2.75, 3.05) is 4.90 Å². The summed E-state index contributed by atoms with van der Waals surface area (Å²) in [5, 5.41) is 0. The second kappa shape index (κ2) is 3.82. The normalized spacial score (nSPS) is 9.57. The van der Waals surface area contributed by atoms with Crippen LogP contribution in [0.5, 0.6) is 0 Å². The van der Waals surface area contributed by atoms with Crippen molar-refractivity contribution in [2.24, 2.45) is 0 Å². The van der Waals surface area contributed by atoms with Gasteiger partial charge in [-0.25, -0.2) is 14.7 Å². The molecule has 14 heavy (non-hydrogen) atoms. The molecule has 0 aliphatic rings. The molecule has 0 atom stereocenters. The summed E-state index contributed by atoms with van der Waals surface area (Å²) >= 11 is 0. The van der Waals surface area contributed by atoms with Gasteiger partial charge in [-0.3, -0.25) is 14.6 Å². The number of rotatable bonds is 1. The molecule has 0 fully saturated rings. The molecule has 6 heteroatoms. The molecule has 0 spiro atoms. The third-order valence-electron chi connectivity index (χ3n) is 1.53. The lowest BCUT2D eigenvalue weighted by Crippen LogP contribution is -2.35. The molecule has 6 nitrogen and oxygen atoms in total. The van der Waals surface area contributed by atoms with Crippen LogP contribution in [-0.4, -0.2) is 21.8 Å². The molecule has 0 unspecified atom stereocenters. The standard InChI is InChI=1S/C8H9N3O3/c1-5(12)11(6(2)13)7-3-4-9-8(14)10-7/h3-4H,1-2H3,(H,9,10,14). The van der Waals surface area contributed by atoms with Crippen molar-refractivity contribution < 1.29 is 9.59 Å². The van der Waals surface area contributed by atoms with Crippen molar-refractivity contribution in [1.29, 1.82) is 0 Å². The second-order valence-electron chi connectivity index (χ2n) is 2.63. The number of carbonyl (C=O) groups excluding carboxylic acids is 2. The highest BCUT2D eigenvalue weighted by Gasteiger charge is 2.16. The van der Waals surface area contributed by atoms with Crippen LogP contribution in [0.4, 0.5) is 5.82 Å². The fraction of sp³-hybridized carbons (Fsp3) is 0.250. The van der Waals surface area contributed by atoms with Crippen molar-refractivity contribution in [2.45, 2.75) is 13.8 Å². The summed E-state index contributed by atoms with van der Waals surface area (Å²) in [6.07, 6.45) is 1.23. The molecule has 0 aliphatic heterocycles. The molecule has 1 N–H and O–H groups in total. The maximum Gasteiger partial charge on any atom is 0.346 e. The van der Waals surface area contributed by atoms with E-state index in [9.17, 15) is 14.4 Å². The summed E-state index contributed by atoms with van der Waals surface area (Å²) in [4.78, 5) is 39.5. The highest BCUT2D eigenvalue weighted by molar-refractivity contribution is 6.12. The van der Waals surface area contributed by atoms with Gasteiger partial charge < -0.3 is 0 Å². The maximum absolute atomic E-state index is 11.1. The zero-order valence-corrected chi connectivity index (χ0v) is 7.77. The number of carbonyl (C=O) groups is 2. The SMILES string of the molecule is CC(=O)N(C(C)=O)c1ccnc(=O)[nH]1. The minimum absolute atomic E-state index is 0.130. The Kier molecular flexibility index (Phi) is 2.76. The number of H-pyrrole nitrogens is 1. The monoisotopic (exact) mass is 195 g/mol. The predicted octanol–water partition coefficient (Wildman–Crippen LogP) is -0.331. The van der Waals surface area contributed by atoms with Gasteiger partial charge in [-0.05, 0) is 6.07 Å². The Bertz CT molecular complexity index is 410. The summed E-state index contributed by atoms with van der Waals surface area (Å²) in [6.45, 7) is 2.47. The zero-order valence-electron chi connectivity index (χ0n) is 7.77. The largest absolute Gasteiger partial charge is 0.346 e. The zero-order chi connectivity index (χ0) is 10.7. The third kappa shape index (κ3) is 2.03. The van der Waals surface area contributed by atoms with Crippen LogP contribution in [0.25, 0.3) is 0 Å². The molecule has 0 aromatic carbocycles. The second-order valence-corrected chi connectivity index (χ2v) is 2.63. The van der Waals surface area contributed by atoms with Gasteiger partial charge in [-0.2, -0.15) is 0 Å². The van der Waals surface area contributed by atoms with E-state index in [1.54, 1.807) is 0 Å². The lowest BCUT2D eigenvalue weighted by atomic mass is 10.4. The van der Waals surface area contributed by atoms with Crippen molar-refractivity contribution in [1.82, 2.24) is 9.97 Å². The highest BCUT2D eigenvalue weighted by atomic mass is 16.2. The minimum Gasteiger partial charge on any atom is -0.291 e. The number of aromatic nitrogens is 2. The Morgan fingerprint density at radius 2 is 1.93 bits per heavy atom. The maximum atomic E-state index is 11.1. The minimum atomic E-state index is -0.602. The van der Waals surface area contributed by atoms with Gasteiger partial charge in [0.25, 0.3) is 0 Å². The first kappa shape index (κ1) is 10.1. The highest BCUT2D eigenvalue weighted by Crippen LogP contribution is 2.06. The van der Waals surface area contributed by atoms with Crippen LogP contribution in [0.15, 0.2) is 17.1 Å². The Balaban J connectivity index is 3.18. The van der Waals surface area contributed by atoms with E-state index in [0.717, 1.165) is 4.90 Å². The van der Waals surface area contributed by atoms with E-state index in [0.29, 0.717) is 0 Å². The quantitative estimate of drug-likeness (QED) is 0.665. The van der Waals surface area contributed by atoms with Gasteiger partial charge >= 0.3 is 5.69 Å². The summed E-state index contributed by atoms with van der Waals surface area (Å²) in [6, 6.07) is 1.38. The van der Waals surface area contributed by atoms with Crippen LogP contribution < -0.4 is 10.6 Å². The number of imide groups is 1.